The van der Waals surface area contributed by atoms with Crippen LogP contribution in [0.1, 0.15) is 36.8 Å². The Labute approximate surface area is 338 Å². The molecule has 2 aromatic carbocycles. The number of nitro groups is 2. The maximum Gasteiger partial charge on any atom is 0.466 e. The number of nitrogens with zero attached hydrogens (tertiary/aromatic N) is 4. The second-order valence-electron chi connectivity index (χ2n) is 11.2. The molecule has 0 saturated carbocycles. The van der Waals surface area contributed by atoms with Crippen LogP contribution in [-0.2, 0) is 23.6 Å². The van der Waals surface area contributed by atoms with Crippen LogP contribution in [0.4, 0.5) is 5.69 Å². The highest BCUT2D eigenvalue weighted by atomic mass is 31.2. The van der Waals surface area contributed by atoms with Gasteiger partial charge >= 0.3 is 19.8 Å². The highest BCUT2D eigenvalue weighted by Gasteiger charge is 2.21. The van der Waals surface area contributed by atoms with Crippen molar-refractivity contribution in [2.75, 3.05) is 61.1 Å². The third-order valence-corrected chi connectivity index (χ3v) is 7.05. The SMILES string of the molecule is COC(=O)C(CCCNC(N)=N[N+](=O)[O-])Nc1cc(/C=C\c2cc(OC)c(OC)c(OC)c2)ccc1OC.COC(=O)C(N)CCCNC(N)=N[N+](=O)[O-].O=P(O)(O)O. The number of guanidine groups is 2. The zero-order chi connectivity index (χ0) is 45.1. The number of hydrogen-bond donors (Lipinski definition) is 9. The number of carbonyl (C=O) groups is 2. The fourth-order valence-corrected chi connectivity index (χ4v) is 4.49. The van der Waals surface area contributed by atoms with Gasteiger partial charge in [-0.05, 0) is 61.1 Å². The van der Waals surface area contributed by atoms with Crippen molar-refractivity contribution in [3.8, 4) is 23.0 Å². The second kappa shape index (κ2) is 28.0. The quantitative estimate of drug-likeness (QED) is 0.0125. The number of esters is 2. The van der Waals surface area contributed by atoms with Crippen LogP contribution in [0, 0.1) is 20.2 Å². The van der Waals surface area contributed by atoms with Crippen molar-refractivity contribution in [3.63, 3.8) is 0 Å². The van der Waals surface area contributed by atoms with E-state index < -0.39 is 41.9 Å². The molecule has 0 aliphatic rings. The van der Waals surface area contributed by atoms with Crippen molar-refractivity contribution in [2.45, 2.75) is 37.8 Å². The third kappa shape index (κ3) is 23.4. The Morgan fingerprint density at radius 2 is 1.22 bits per heavy atom. The van der Waals surface area contributed by atoms with Gasteiger partial charge in [0, 0.05) is 13.1 Å². The van der Waals surface area contributed by atoms with Crippen LogP contribution in [0.25, 0.3) is 12.2 Å². The summed E-state index contributed by atoms with van der Waals surface area (Å²) in [6.07, 6.45) is 5.48. The summed E-state index contributed by atoms with van der Waals surface area (Å²) in [5.41, 5.74) is 18.3. The fraction of sp³-hybridized carbons (Fsp3) is 0.438. The van der Waals surface area contributed by atoms with E-state index in [1.165, 1.54) is 21.3 Å². The molecule has 0 aliphatic carbocycles. The Morgan fingerprint density at radius 3 is 1.64 bits per heavy atom. The van der Waals surface area contributed by atoms with Gasteiger partial charge in [0.2, 0.25) is 5.75 Å². The van der Waals surface area contributed by atoms with Crippen molar-refractivity contribution >= 4 is 49.5 Å². The molecule has 0 spiro atoms. The first-order valence-electron chi connectivity index (χ1n) is 16.8. The summed E-state index contributed by atoms with van der Waals surface area (Å²) in [6.45, 7) is 0.612. The number of nitrogens with one attached hydrogen (secondary N) is 3. The van der Waals surface area contributed by atoms with Crippen molar-refractivity contribution in [1.82, 2.24) is 10.6 Å². The summed E-state index contributed by atoms with van der Waals surface area (Å²) >= 11 is 0. The molecule has 0 amide bonds. The van der Waals surface area contributed by atoms with Crippen LogP contribution in [0.15, 0.2) is 40.5 Å². The Morgan fingerprint density at radius 1 is 0.763 bits per heavy atom. The third-order valence-electron chi connectivity index (χ3n) is 7.05. The van der Waals surface area contributed by atoms with Crippen molar-refractivity contribution in [3.05, 3.63) is 61.7 Å². The molecule has 330 valence electrons. The summed E-state index contributed by atoms with van der Waals surface area (Å²) in [7, 11) is 4.08. The number of ether oxygens (including phenoxy) is 6. The molecule has 26 nitrogen and oxygen atoms in total. The minimum absolute atomic E-state index is 0.271. The lowest BCUT2D eigenvalue weighted by molar-refractivity contribution is -0.485. The second-order valence-corrected chi connectivity index (χ2v) is 12.2. The van der Waals surface area contributed by atoms with Crippen molar-refractivity contribution in [2.24, 2.45) is 27.4 Å². The first-order valence-corrected chi connectivity index (χ1v) is 18.4. The lowest BCUT2D eigenvalue weighted by Crippen LogP contribution is -2.35. The molecule has 2 aromatic rings. The topological polar surface area (TPSA) is 392 Å². The first kappa shape index (κ1) is 52.5. The first-order chi connectivity index (χ1) is 27.7. The van der Waals surface area contributed by atoms with E-state index in [0.29, 0.717) is 60.9 Å². The maximum atomic E-state index is 12.4. The average Bonchev–Trinajstić information content (AvgIpc) is 3.17. The molecule has 0 bridgehead atoms. The number of carbonyl (C=O) groups excluding carboxylic acids is 2. The van der Waals surface area contributed by atoms with Crippen LogP contribution < -0.4 is 52.1 Å². The van der Waals surface area contributed by atoms with E-state index in [4.69, 9.17) is 60.1 Å². The van der Waals surface area contributed by atoms with Gasteiger partial charge in [-0.15, -0.1) is 0 Å². The molecule has 2 atom stereocenters. The monoisotopic (exact) mass is 862 g/mol. The smallest absolute Gasteiger partial charge is 0.466 e. The largest absolute Gasteiger partial charge is 0.495 e. The number of phosphoric acid groups is 1. The molecule has 2 rings (SSSR count). The van der Waals surface area contributed by atoms with Gasteiger partial charge in [-0.2, -0.15) is 0 Å². The highest BCUT2D eigenvalue weighted by Crippen LogP contribution is 2.39. The lowest BCUT2D eigenvalue weighted by atomic mass is 10.1. The van der Waals surface area contributed by atoms with E-state index in [9.17, 15) is 29.8 Å². The van der Waals surface area contributed by atoms with Gasteiger partial charge in [-0.25, -0.2) is 29.6 Å². The molecule has 2 unspecified atom stereocenters. The Bertz CT molecular complexity index is 1780. The van der Waals surface area contributed by atoms with E-state index in [-0.39, 0.29) is 18.5 Å². The summed E-state index contributed by atoms with van der Waals surface area (Å²) in [5, 5.41) is 32.6. The molecule has 12 N–H and O–H groups in total. The van der Waals surface area contributed by atoms with Gasteiger partial charge in [0.1, 0.15) is 28.0 Å². The van der Waals surface area contributed by atoms with Crippen LogP contribution in [0.5, 0.6) is 23.0 Å². The van der Waals surface area contributed by atoms with Gasteiger partial charge in [0.05, 0.1) is 48.3 Å². The molecule has 0 fully saturated rings. The minimum Gasteiger partial charge on any atom is -0.495 e. The van der Waals surface area contributed by atoms with Crippen LogP contribution in [-0.4, -0.2) is 116 Å². The molecule has 27 heteroatoms. The predicted octanol–water partition coefficient (Wildman–Crippen LogP) is 0.155. The molecular formula is C32H51N10O16P. The number of rotatable bonds is 20. The molecule has 0 heterocycles. The summed E-state index contributed by atoms with van der Waals surface area (Å²) < 4.78 is 39.9. The van der Waals surface area contributed by atoms with E-state index in [1.807, 2.05) is 36.4 Å². The van der Waals surface area contributed by atoms with Gasteiger partial charge < -0.3 is 76.3 Å². The number of benzene rings is 2. The predicted molar refractivity (Wildman–Crippen MR) is 213 cm³/mol. The molecule has 0 aromatic heterocycles. The van der Waals surface area contributed by atoms with Crippen molar-refractivity contribution in [1.29, 1.82) is 0 Å². The molecule has 0 aliphatic heterocycles. The number of methoxy groups -OCH3 is 6. The van der Waals surface area contributed by atoms with Gasteiger partial charge in [0.25, 0.3) is 11.9 Å². The molecular weight excluding hydrogens is 811 g/mol. The normalized spacial score (nSPS) is 12.2. The zero-order valence-corrected chi connectivity index (χ0v) is 34.0. The number of nitrogens with two attached hydrogens (primary N) is 3. The van der Waals surface area contributed by atoms with Crippen molar-refractivity contribution < 1.29 is 67.3 Å². The Hall–Kier alpha value is -6.47. The van der Waals surface area contributed by atoms with E-state index in [1.54, 1.807) is 27.4 Å². The van der Waals surface area contributed by atoms with Gasteiger partial charge in [-0.1, -0.05) is 18.2 Å². The number of hydrogen-bond acceptors (Lipinski definition) is 15. The molecule has 0 radical (unpaired) electrons. The van der Waals surface area contributed by atoms with Gasteiger partial charge in [0.15, 0.2) is 21.6 Å². The Kier molecular flexibility index (Phi) is 24.9. The van der Waals surface area contributed by atoms with Gasteiger partial charge in [-0.3, -0.25) is 4.79 Å². The maximum absolute atomic E-state index is 12.4. The van der Waals surface area contributed by atoms with Crippen LogP contribution in [0.3, 0.4) is 0 Å². The fourth-order valence-electron chi connectivity index (χ4n) is 4.49. The average molecular weight is 863 g/mol. The molecule has 59 heavy (non-hydrogen) atoms. The Balaban J connectivity index is 0.00000132. The summed E-state index contributed by atoms with van der Waals surface area (Å²) in [4.78, 5) is 65.1. The number of hydrazone groups is 2. The summed E-state index contributed by atoms with van der Waals surface area (Å²) in [6, 6.07) is 7.73. The van der Waals surface area contributed by atoms with Crippen LogP contribution >= 0.6 is 7.82 Å². The molecule has 0 saturated heterocycles. The standard InChI is InChI=1S/C25H33N5O8.C7H15N5O4.H3O4P/c1-34-20-11-10-16(8-9-17-14-21(35-2)23(37-4)22(15-17)36-3)13-19(20)28-18(24(31)38-5)7-6-12-27-25(26)29-30(32)33;1-16-6(13)5(8)3-2-4-10-7(9)11-12(14)15;1-5(2,3)4/h8-11,13-15,18,28H,6-7,12H2,1-5H3,(H3,26,27,29);5H,2-4,8H2,1H3,(H3,9,10,11);(H3,1,2,3,4)/b9-8-;;. The van der Waals surface area contributed by atoms with E-state index in [0.717, 1.165) is 11.1 Å². The zero-order valence-electron chi connectivity index (χ0n) is 33.1. The number of anilines is 1. The lowest BCUT2D eigenvalue weighted by Gasteiger charge is -2.20. The van der Waals surface area contributed by atoms with E-state index in [2.05, 4.69) is 30.9 Å². The highest BCUT2D eigenvalue weighted by molar-refractivity contribution is 7.45. The minimum atomic E-state index is -4.64. The van der Waals surface area contributed by atoms with Crippen LogP contribution in [0.2, 0.25) is 0 Å². The summed E-state index contributed by atoms with van der Waals surface area (Å²) in [5.74, 6) is 0.534. The van der Waals surface area contributed by atoms with E-state index >= 15 is 0 Å².